The number of carbonyl (C=O) groups is 2. The van der Waals surface area contributed by atoms with Crippen LogP contribution in [0.3, 0.4) is 0 Å². The molecule has 0 aliphatic rings. The van der Waals surface area contributed by atoms with Crippen LogP contribution in [0, 0.1) is 6.92 Å². The Morgan fingerprint density at radius 2 is 1.70 bits per heavy atom. The van der Waals surface area contributed by atoms with Crippen LogP contribution in [0.1, 0.15) is 26.4 Å². The number of hydrazine groups is 1. The number of aromatic nitrogens is 1. The summed E-state index contributed by atoms with van der Waals surface area (Å²) < 4.78 is 0. The van der Waals surface area contributed by atoms with Crippen LogP contribution in [0.25, 0.3) is 11.1 Å². The van der Waals surface area contributed by atoms with Crippen molar-refractivity contribution in [1.82, 2.24) is 9.99 Å². The first-order chi connectivity index (χ1) is 13.0. The van der Waals surface area contributed by atoms with E-state index in [9.17, 15) is 9.59 Å². The highest BCUT2D eigenvalue weighted by Gasteiger charge is 2.23. The van der Waals surface area contributed by atoms with Gasteiger partial charge in [0.1, 0.15) is 5.69 Å². The summed E-state index contributed by atoms with van der Waals surface area (Å²) >= 11 is 0. The van der Waals surface area contributed by atoms with Crippen LogP contribution in [-0.4, -0.2) is 36.3 Å². The molecule has 0 aliphatic carbocycles. The van der Waals surface area contributed by atoms with Crippen LogP contribution in [0.5, 0.6) is 0 Å². The minimum Gasteiger partial charge on any atom is -0.298 e. The molecule has 0 saturated carbocycles. The molecule has 0 fully saturated rings. The number of nitrogens with zero attached hydrogens (tertiary/aromatic N) is 3. The Bertz CT molecular complexity index is 951. The highest BCUT2D eigenvalue weighted by Crippen LogP contribution is 2.31. The third kappa shape index (κ3) is 3.78. The standard InChI is InChI=1S/C22H21N3O2/c1-16-19(18-8-5-4-6-9-18)10-7-11-21(16)25(24(2)3)22(27)20-13-12-17(15-26)14-23-20/h4-15H,1-3H3. The maximum atomic E-state index is 13.1. The first kappa shape index (κ1) is 18.5. The molecule has 1 heterocycles. The number of benzene rings is 2. The van der Waals surface area contributed by atoms with Gasteiger partial charge in [-0.05, 0) is 41.8 Å². The highest BCUT2D eigenvalue weighted by molar-refractivity contribution is 6.05. The zero-order valence-electron chi connectivity index (χ0n) is 15.6. The first-order valence-electron chi connectivity index (χ1n) is 8.61. The van der Waals surface area contributed by atoms with E-state index in [4.69, 9.17) is 0 Å². The van der Waals surface area contributed by atoms with Crippen LogP contribution in [-0.2, 0) is 0 Å². The molecule has 3 aromatic rings. The fourth-order valence-electron chi connectivity index (χ4n) is 3.00. The fourth-order valence-corrected chi connectivity index (χ4v) is 3.00. The Balaban J connectivity index is 2.05. The molecule has 136 valence electrons. The molecular formula is C22H21N3O2. The summed E-state index contributed by atoms with van der Waals surface area (Å²) in [6.07, 6.45) is 2.11. The molecule has 27 heavy (non-hydrogen) atoms. The van der Waals surface area contributed by atoms with Crippen molar-refractivity contribution >= 4 is 17.9 Å². The molecule has 0 aliphatic heterocycles. The molecule has 0 bridgehead atoms. The summed E-state index contributed by atoms with van der Waals surface area (Å²) in [6, 6.07) is 19.1. The lowest BCUT2D eigenvalue weighted by Gasteiger charge is -2.30. The molecule has 3 rings (SSSR count). The van der Waals surface area contributed by atoms with Gasteiger partial charge in [-0.3, -0.25) is 14.6 Å². The predicted molar refractivity (Wildman–Crippen MR) is 107 cm³/mol. The summed E-state index contributed by atoms with van der Waals surface area (Å²) in [5.41, 5.74) is 4.65. The van der Waals surface area contributed by atoms with Gasteiger partial charge >= 0.3 is 0 Å². The largest absolute Gasteiger partial charge is 0.298 e. The number of hydrogen-bond donors (Lipinski definition) is 0. The molecule has 0 saturated heterocycles. The van der Waals surface area contributed by atoms with E-state index >= 15 is 0 Å². The summed E-state index contributed by atoms with van der Waals surface area (Å²) in [4.78, 5) is 28.1. The molecule has 5 heteroatoms. The van der Waals surface area contributed by atoms with Gasteiger partial charge in [0.2, 0.25) is 0 Å². The normalized spacial score (nSPS) is 10.7. The minimum atomic E-state index is -0.259. The molecule has 0 radical (unpaired) electrons. The summed E-state index contributed by atoms with van der Waals surface area (Å²) in [5.74, 6) is -0.259. The number of pyridine rings is 1. The van der Waals surface area contributed by atoms with Crippen LogP contribution in [0.4, 0.5) is 5.69 Å². The average Bonchev–Trinajstić information content (AvgIpc) is 2.70. The number of anilines is 1. The lowest BCUT2D eigenvalue weighted by atomic mass is 9.99. The second-order valence-electron chi connectivity index (χ2n) is 6.37. The first-order valence-corrected chi connectivity index (χ1v) is 8.61. The van der Waals surface area contributed by atoms with Crippen molar-refractivity contribution in [3.63, 3.8) is 0 Å². The van der Waals surface area contributed by atoms with Gasteiger partial charge in [0.15, 0.2) is 6.29 Å². The molecule has 5 nitrogen and oxygen atoms in total. The number of rotatable bonds is 5. The monoisotopic (exact) mass is 359 g/mol. The second kappa shape index (κ2) is 7.93. The Hall–Kier alpha value is -3.31. The van der Waals surface area contributed by atoms with Crippen molar-refractivity contribution in [2.75, 3.05) is 19.1 Å². The smallest absolute Gasteiger partial charge is 0.291 e. The van der Waals surface area contributed by atoms with Crippen molar-refractivity contribution in [1.29, 1.82) is 0 Å². The summed E-state index contributed by atoms with van der Waals surface area (Å²) in [5, 5.41) is 3.32. The van der Waals surface area contributed by atoms with E-state index in [0.29, 0.717) is 11.8 Å². The number of aldehydes is 1. The Labute approximate surface area is 158 Å². The predicted octanol–water partition coefficient (Wildman–Crippen LogP) is 3.99. The average molecular weight is 359 g/mol. The quantitative estimate of drug-likeness (QED) is 0.510. The molecule has 0 atom stereocenters. The van der Waals surface area contributed by atoms with Gasteiger partial charge in [0.05, 0.1) is 5.69 Å². The molecular weight excluding hydrogens is 338 g/mol. The SMILES string of the molecule is Cc1c(-c2ccccc2)cccc1N(C(=O)c1ccc(C=O)cn1)N(C)C. The zero-order chi connectivity index (χ0) is 19.4. The van der Waals surface area contributed by atoms with Gasteiger partial charge in [-0.25, -0.2) is 10.0 Å². The van der Waals surface area contributed by atoms with Gasteiger partial charge in [-0.15, -0.1) is 0 Å². The van der Waals surface area contributed by atoms with Crippen LogP contribution >= 0.6 is 0 Å². The van der Waals surface area contributed by atoms with Crippen LogP contribution < -0.4 is 5.01 Å². The van der Waals surface area contributed by atoms with Gasteiger partial charge in [-0.1, -0.05) is 42.5 Å². The summed E-state index contributed by atoms with van der Waals surface area (Å²) in [6.45, 7) is 2.00. The van der Waals surface area contributed by atoms with Crippen molar-refractivity contribution in [3.05, 3.63) is 83.7 Å². The lowest BCUT2D eigenvalue weighted by Crippen LogP contribution is -2.43. The van der Waals surface area contributed by atoms with E-state index in [1.165, 1.54) is 6.20 Å². The Kier molecular flexibility index (Phi) is 5.43. The van der Waals surface area contributed by atoms with E-state index in [1.807, 2.05) is 69.6 Å². The number of hydrogen-bond acceptors (Lipinski definition) is 4. The second-order valence-corrected chi connectivity index (χ2v) is 6.37. The van der Waals surface area contributed by atoms with E-state index in [1.54, 1.807) is 22.2 Å². The maximum Gasteiger partial charge on any atom is 0.291 e. The molecule has 0 N–H and O–H groups in total. The van der Waals surface area contributed by atoms with Crippen molar-refractivity contribution < 1.29 is 9.59 Å². The molecule has 2 aromatic carbocycles. The Morgan fingerprint density at radius 3 is 2.30 bits per heavy atom. The van der Waals surface area contributed by atoms with Crippen molar-refractivity contribution in [2.24, 2.45) is 0 Å². The van der Waals surface area contributed by atoms with Crippen LogP contribution in [0.2, 0.25) is 0 Å². The van der Waals surface area contributed by atoms with Gasteiger partial charge in [0, 0.05) is 25.9 Å². The lowest BCUT2D eigenvalue weighted by molar-refractivity contribution is 0.0924. The zero-order valence-corrected chi connectivity index (χ0v) is 15.6. The summed E-state index contributed by atoms with van der Waals surface area (Å²) in [7, 11) is 3.62. The minimum absolute atomic E-state index is 0.259. The van der Waals surface area contributed by atoms with Gasteiger partial charge in [-0.2, -0.15) is 0 Å². The van der Waals surface area contributed by atoms with Gasteiger partial charge in [0.25, 0.3) is 5.91 Å². The van der Waals surface area contributed by atoms with Crippen LogP contribution in [0.15, 0.2) is 66.9 Å². The highest BCUT2D eigenvalue weighted by atomic mass is 16.2. The maximum absolute atomic E-state index is 13.1. The topological polar surface area (TPSA) is 53.5 Å². The fraction of sp³-hybridized carbons (Fsp3) is 0.136. The molecule has 1 aromatic heterocycles. The number of amides is 1. The van der Waals surface area contributed by atoms with E-state index in [2.05, 4.69) is 4.98 Å². The molecule has 0 spiro atoms. The molecule has 0 unspecified atom stereocenters. The van der Waals surface area contributed by atoms with E-state index in [0.717, 1.165) is 22.4 Å². The number of carbonyl (C=O) groups excluding carboxylic acids is 2. The van der Waals surface area contributed by atoms with E-state index < -0.39 is 0 Å². The molecule has 1 amide bonds. The third-order valence-electron chi connectivity index (χ3n) is 4.35. The third-order valence-corrected chi connectivity index (χ3v) is 4.35. The van der Waals surface area contributed by atoms with Crippen molar-refractivity contribution in [3.8, 4) is 11.1 Å². The van der Waals surface area contributed by atoms with Gasteiger partial charge < -0.3 is 0 Å². The van der Waals surface area contributed by atoms with Crippen molar-refractivity contribution in [2.45, 2.75) is 6.92 Å². The Morgan fingerprint density at radius 1 is 0.963 bits per heavy atom. The van der Waals surface area contributed by atoms with E-state index in [-0.39, 0.29) is 11.6 Å².